The van der Waals surface area contributed by atoms with Crippen molar-refractivity contribution in [2.75, 3.05) is 39.4 Å². The summed E-state index contributed by atoms with van der Waals surface area (Å²) in [6, 6.07) is 5.72. The molecule has 32 heavy (non-hydrogen) atoms. The first-order valence-electron chi connectivity index (χ1n) is 10.3. The number of morpholine rings is 1. The van der Waals surface area contributed by atoms with E-state index in [0.29, 0.717) is 48.8 Å². The number of amides is 2. The summed E-state index contributed by atoms with van der Waals surface area (Å²) in [4.78, 5) is 28.8. The number of hydrogen-bond donors (Lipinski definition) is 0. The van der Waals surface area contributed by atoms with Crippen molar-refractivity contribution in [2.24, 2.45) is 5.92 Å². The molecule has 1 aromatic heterocycles. The molecule has 3 heterocycles. The molecule has 1 aromatic carbocycles. The van der Waals surface area contributed by atoms with Crippen molar-refractivity contribution >= 4 is 23.4 Å². The Morgan fingerprint density at radius 3 is 2.22 bits per heavy atom. The molecule has 0 aliphatic carbocycles. The van der Waals surface area contributed by atoms with Crippen molar-refractivity contribution in [3.05, 3.63) is 46.7 Å². The molecule has 4 rings (SSSR count). The third-order valence-electron chi connectivity index (χ3n) is 5.79. The summed E-state index contributed by atoms with van der Waals surface area (Å²) in [6.45, 7) is 2.50. The fraction of sp³-hybridized carbons (Fsp3) is 0.476. The van der Waals surface area contributed by atoms with Gasteiger partial charge in [-0.3, -0.25) is 9.59 Å². The average molecular weight is 471 g/mol. The van der Waals surface area contributed by atoms with Crippen molar-refractivity contribution in [1.82, 2.24) is 19.6 Å². The number of ether oxygens (including phenoxy) is 1. The second-order valence-electron chi connectivity index (χ2n) is 7.80. The highest BCUT2D eigenvalue weighted by molar-refractivity contribution is 6.30. The van der Waals surface area contributed by atoms with Crippen LogP contribution in [-0.2, 0) is 15.7 Å². The molecular formula is C21H22ClF3N4O3. The van der Waals surface area contributed by atoms with Gasteiger partial charge in [-0.2, -0.15) is 18.3 Å². The second kappa shape index (κ2) is 9.11. The predicted octanol–water partition coefficient (Wildman–Crippen LogP) is 3.26. The van der Waals surface area contributed by atoms with Crippen molar-refractivity contribution in [1.29, 1.82) is 0 Å². The van der Waals surface area contributed by atoms with E-state index in [1.54, 1.807) is 4.90 Å². The quantitative estimate of drug-likeness (QED) is 0.690. The van der Waals surface area contributed by atoms with Crippen LogP contribution in [-0.4, -0.2) is 70.8 Å². The monoisotopic (exact) mass is 470 g/mol. The third kappa shape index (κ3) is 4.61. The SMILES string of the molecule is O=C(c1cnn(-c2ccc(Cl)cc2)c1C(F)(F)F)N1CCC(C(=O)N2CCOCC2)CC1. The maximum absolute atomic E-state index is 13.9. The number of benzene rings is 1. The van der Waals surface area contributed by atoms with Gasteiger partial charge in [0.15, 0.2) is 5.69 Å². The van der Waals surface area contributed by atoms with Crippen molar-refractivity contribution < 1.29 is 27.5 Å². The molecule has 0 saturated carbocycles. The molecule has 2 fully saturated rings. The van der Waals surface area contributed by atoms with Crippen LogP contribution in [0.3, 0.4) is 0 Å². The fourth-order valence-electron chi connectivity index (χ4n) is 4.10. The van der Waals surface area contributed by atoms with Gasteiger partial charge in [0.05, 0.1) is 30.7 Å². The van der Waals surface area contributed by atoms with Crippen LogP contribution in [0.4, 0.5) is 13.2 Å². The summed E-state index contributed by atoms with van der Waals surface area (Å²) in [5.74, 6) is -0.960. The topological polar surface area (TPSA) is 67.7 Å². The van der Waals surface area contributed by atoms with Gasteiger partial charge in [0, 0.05) is 37.1 Å². The number of nitrogens with zero attached hydrogens (tertiary/aromatic N) is 4. The van der Waals surface area contributed by atoms with E-state index in [-0.39, 0.29) is 30.6 Å². The highest BCUT2D eigenvalue weighted by atomic mass is 35.5. The second-order valence-corrected chi connectivity index (χ2v) is 8.23. The van der Waals surface area contributed by atoms with Crippen LogP contribution >= 0.6 is 11.6 Å². The van der Waals surface area contributed by atoms with E-state index in [1.807, 2.05) is 0 Å². The fourth-order valence-corrected chi connectivity index (χ4v) is 4.22. The van der Waals surface area contributed by atoms with E-state index < -0.39 is 23.3 Å². The minimum Gasteiger partial charge on any atom is -0.378 e. The first kappa shape index (κ1) is 22.6. The summed E-state index contributed by atoms with van der Waals surface area (Å²) < 4.78 is 47.6. The molecule has 2 aliphatic rings. The van der Waals surface area contributed by atoms with Gasteiger partial charge < -0.3 is 14.5 Å². The predicted molar refractivity (Wildman–Crippen MR) is 110 cm³/mol. The summed E-state index contributed by atoms with van der Waals surface area (Å²) >= 11 is 5.82. The Bertz CT molecular complexity index is 979. The summed E-state index contributed by atoms with van der Waals surface area (Å²) in [5.41, 5.74) is -1.49. The molecule has 0 spiro atoms. The molecule has 0 unspecified atom stereocenters. The van der Waals surface area contributed by atoms with Gasteiger partial charge in [0.1, 0.15) is 0 Å². The number of carbonyl (C=O) groups is 2. The van der Waals surface area contributed by atoms with E-state index in [9.17, 15) is 22.8 Å². The number of aromatic nitrogens is 2. The molecule has 11 heteroatoms. The standard InChI is InChI=1S/C21H22ClF3N4O3/c22-15-1-3-16(4-2-15)29-18(21(23,24)25)17(13-26-29)20(31)27-7-5-14(6-8-27)19(30)28-9-11-32-12-10-28/h1-4,13-14H,5-12H2. The van der Waals surface area contributed by atoms with Crippen LogP contribution in [0.5, 0.6) is 0 Å². The highest BCUT2D eigenvalue weighted by Gasteiger charge is 2.42. The molecule has 7 nitrogen and oxygen atoms in total. The molecule has 0 N–H and O–H groups in total. The maximum atomic E-state index is 13.9. The molecule has 0 radical (unpaired) electrons. The number of halogens is 4. The number of alkyl halides is 3. The Morgan fingerprint density at radius 2 is 1.62 bits per heavy atom. The average Bonchev–Trinajstić information content (AvgIpc) is 3.25. The lowest BCUT2D eigenvalue weighted by molar-refractivity contribution is -0.143. The van der Waals surface area contributed by atoms with Gasteiger partial charge in [0.25, 0.3) is 5.91 Å². The van der Waals surface area contributed by atoms with Gasteiger partial charge in [-0.25, -0.2) is 4.68 Å². The van der Waals surface area contributed by atoms with E-state index >= 15 is 0 Å². The number of carbonyl (C=O) groups excluding carboxylic acids is 2. The van der Waals surface area contributed by atoms with Crippen LogP contribution in [0, 0.1) is 5.92 Å². The number of hydrogen-bond acceptors (Lipinski definition) is 4. The largest absolute Gasteiger partial charge is 0.434 e. The van der Waals surface area contributed by atoms with Crippen LogP contribution in [0.25, 0.3) is 5.69 Å². The lowest BCUT2D eigenvalue weighted by atomic mass is 9.94. The smallest absolute Gasteiger partial charge is 0.378 e. The number of piperidine rings is 1. The Labute approximate surface area is 187 Å². The van der Waals surface area contributed by atoms with Crippen LogP contribution < -0.4 is 0 Å². The van der Waals surface area contributed by atoms with E-state index in [0.717, 1.165) is 6.20 Å². The van der Waals surface area contributed by atoms with E-state index in [4.69, 9.17) is 16.3 Å². The van der Waals surface area contributed by atoms with Crippen molar-refractivity contribution in [3.8, 4) is 5.69 Å². The summed E-state index contributed by atoms with van der Waals surface area (Å²) in [5, 5.41) is 4.21. The Hall–Kier alpha value is -2.59. The zero-order valence-electron chi connectivity index (χ0n) is 17.1. The molecule has 2 saturated heterocycles. The highest BCUT2D eigenvalue weighted by Crippen LogP contribution is 2.35. The van der Waals surface area contributed by atoms with Crippen molar-refractivity contribution in [3.63, 3.8) is 0 Å². The van der Waals surface area contributed by atoms with Crippen LogP contribution in [0.1, 0.15) is 28.9 Å². The minimum absolute atomic E-state index is 0.0203. The molecule has 0 atom stereocenters. The Morgan fingerprint density at radius 1 is 1.00 bits per heavy atom. The van der Waals surface area contributed by atoms with Gasteiger partial charge >= 0.3 is 6.18 Å². The molecular weight excluding hydrogens is 449 g/mol. The zero-order valence-corrected chi connectivity index (χ0v) is 17.9. The van der Waals surface area contributed by atoms with Gasteiger partial charge in [-0.1, -0.05) is 11.6 Å². The summed E-state index contributed by atoms with van der Waals surface area (Å²) in [7, 11) is 0. The lowest BCUT2D eigenvalue weighted by Gasteiger charge is -2.35. The Balaban J connectivity index is 1.50. The van der Waals surface area contributed by atoms with Crippen LogP contribution in [0.15, 0.2) is 30.5 Å². The van der Waals surface area contributed by atoms with Gasteiger partial charge in [-0.15, -0.1) is 0 Å². The van der Waals surface area contributed by atoms with Gasteiger partial charge in [0.2, 0.25) is 5.91 Å². The van der Waals surface area contributed by atoms with Crippen LogP contribution in [0.2, 0.25) is 5.02 Å². The third-order valence-corrected chi connectivity index (χ3v) is 6.05. The molecule has 0 bridgehead atoms. The number of likely N-dealkylation sites (tertiary alicyclic amines) is 1. The normalized spacial score (nSPS) is 18.1. The molecule has 172 valence electrons. The lowest BCUT2D eigenvalue weighted by Crippen LogP contribution is -2.47. The first-order chi connectivity index (χ1) is 15.3. The Kier molecular flexibility index (Phi) is 6.43. The molecule has 2 aromatic rings. The van der Waals surface area contributed by atoms with Gasteiger partial charge in [-0.05, 0) is 37.1 Å². The zero-order chi connectivity index (χ0) is 22.9. The minimum atomic E-state index is -4.79. The molecule has 2 aliphatic heterocycles. The van der Waals surface area contributed by atoms with E-state index in [2.05, 4.69) is 5.10 Å². The number of rotatable bonds is 3. The molecule has 2 amide bonds. The van der Waals surface area contributed by atoms with Crippen molar-refractivity contribution in [2.45, 2.75) is 19.0 Å². The van der Waals surface area contributed by atoms with E-state index in [1.165, 1.54) is 29.2 Å². The maximum Gasteiger partial charge on any atom is 0.434 e. The summed E-state index contributed by atoms with van der Waals surface area (Å²) in [6.07, 6.45) is -3.01. The first-order valence-corrected chi connectivity index (χ1v) is 10.7.